The molecular formula is C19H18N2O3S. The van der Waals surface area contributed by atoms with E-state index in [1.807, 2.05) is 24.3 Å². The van der Waals surface area contributed by atoms with Crippen molar-refractivity contribution in [3.05, 3.63) is 58.5 Å². The van der Waals surface area contributed by atoms with Crippen molar-refractivity contribution in [2.45, 2.75) is 13.3 Å². The van der Waals surface area contributed by atoms with Gasteiger partial charge in [-0.05, 0) is 59.7 Å². The van der Waals surface area contributed by atoms with Crippen molar-refractivity contribution in [3.8, 4) is 11.5 Å². The van der Waals surface area contributed by atoms with Crippen molar-refractivity contribution in [1.82, 2.24) is 5.32 Å². The number of ether oxygens (including phenoxy) is 1. The third-order valence-electron chi connectivity index (χ3n) is 3.73. The molecule has 1 aliphatic heterocycles. The van der Waals surface area contributed by atoms with Crippen molar-refractivity contribution < 1.29 is 14.6 Å². The Bertz CT molecular complexity index is 857. The van der Waals surface area contributed by atoms with Crippen LogP contribution in [0.1, 0.15) is 18.1 Å². The lowest BCUT2D eigenvalue weighted by molar-refractivity contribution is -0.115. The summed E-state index contributed by atoms with van der Waals surface area (Å²) in [6.45, 7) is 2.10. The third kappa shape index (κ3) is 4.03. The molecule has 1 fully saturated rings. The minimum Gasteiger partial charge on any atom is -0.504 e. The molecular weight excluding hydrogens is 336 g/mol. The van der Waals surface area contributed by atoms with E-state index < -0.39 is 0 Å². The lowest BCUT2D eigenvalue weighted by atomic mass is 10.2. The summed E-state index contributed by atoms with van der Waals surface area (Å²) in [4.78, 5) is 17.1. The van der Waals surface area contributed by atoms with Crippen LogP contribution in [0.25, 0.3) is 6.08 Å². The molecule has 3 rings (SSSR count). The van der Waals surface area contributed by atoms with Crippen LogP contribution in [-0.4, -0.2) is 23.3 Å². The van der Waals surface area contributed by atoms with Crippen LogP contribution < -0.4 is 10.1 Å². The standard InChI is InChI=1S/C19H18N2O3S/c1-3-12-4-7-14(8-5-12)20-19-21-18(23)17(25-19)11-13-6-9-16(24-2)15(22)10-13/h4-11,22H,3H2,1-2H3,(H,20,21,23)/b17-11-. The number of carbonyl (C=O) groups excluding carboxylic acids is 1. The molecule has 1 aliphatic rings. The molecule has 2 N–H and O–H groups in total. The predicted molar refractivity (Wildman–Crippen MR) is 101 cm³/mol. The number of amides is 1. The van der Waals surface area contributed by atoms with Gasteiger partial charge < -0.3 is 15.2 Å². The Kier molecular flexibility index (Phi) is 5.09. The summed E-state index contributed by atoms with van der Waals surface area (Å²) in [5.74, 6) is 0.220. The maximum Gasteiger partial charge on any atom is 0.264 e. The van der Waals surface area contributed by atoms with E-state index in [4.69, 9.17) is 4.74 Å². The number of hydrogen-bond acceptors (Lipinski definition) is 5. The number of aliphatic imine (C=N–C) groups is 1. The molecule has 0 aromatic heterocycles. The number of methoxy groups -OCH3 is 1. The van der Waals surface area contributed by atoms with Gasteiger partial charge in [0.2, 0.25) is 0 Å². The molecule has 128 valence electrons. The summed E-state index contributed by atoms with van der Waals surface area (Å²) in [6, 6.07) is 12.9. The number of aryl methyl sites for hydroxylation is 1. The number of nitrogens with zero attached hydrogens (tertiary/aromatic N) is 1. The highest BCUT2D eigenvalue weighted by molar-refractivity contribution is 8.18. The Labute approximate surface area is 150 Å². The van der Waals surface area contributed by atoms with Gasteiger partial charge in [0, 0.05) is 0 Å². The first-order chi connectivity index (χ1) is 12.1. The molecule has 2 aromatic carbocycles. The van der Waals surface area contributed by atoms with Crippen LogP contribution in [0.3, 0.4) is 0 Å². The van der Waals surface area contributed by atoms with E-state index in [-0.39, 0.29) is 11.7 Å². The van der Waals surface area contributed by atoms with E-state index in [9.17, 15) is 9.90 Å². The highest BCUT2D eigenvalue weighted by atomic mass is 32.2. The Hall–Kier alpha value is -2.73. The van der Waals surface area contributed by atoms with Gasteiger partial charge in [-0.25, -0.2) is 4.99 Å². The molecule has 0 radical (unpaired) electrons. The zero-order valence-corrected chi connectivity index (χ0v) is 14.8. The number of benzene rings is 2. The van der Waals surface area contributed by atoms with Gasteiger partial charge in [-0.1, -0.05) is 25.1 Å². The van der Waals surface area contributed by atoms with Gasteiger partial charge in [-0.3, -0.25) is 4.79 Å². The van der Waals surface area contributed by atoms with E-state index in [0.717, 1.165) is 12.1 Å². The number of amidine groups is 1. The van der Waals surface area contributed by atoms with Gasteiger partial charge in [0.15, 0.2) is 16.7 Å². The summed E-state index contributed by atoms with van der Waals surface area (Å²) in [5, 5.41) is 13.1. The van der Waals surface area contributed by atoms with Crippen LogP contribution in [-0.2, 0) is 11.2 Å². The smallest absolute Gasteiger partial charge is 0.264 e. The van der Waals surface area contributed by atoms with Crippen LogP contribution in [0, 0.1) is 0 Å². The van der Waals surface area contributed by atoms with E-state index >= 15 is 0 Å². The largest absolute Gasteiger partial charge is 0.504 e. The van der Waals surface area contributed by atoms with Crippen LogP contribution >= 0.6 is 11.8 Å². The number of phenolic OH excluding ortho intramolecular Hbond substituents is 1. The minimum atomic E-state index is -0.204. The van der Waals surface area contributed by atoms with Crippen LogP contribution in [0.2, 0.25) is 0 Å². The average molecular weight is 354 g/mol. The van der Waals surface area contributed by atoms with Crippen molar-refractivity contribution >= 4 is 34.6 Å². The average Bonchev–Trinajstić information content (AvgIpc) is 2.95. The molecule has 0 bridgehead atoms. The monoisotopic (exact) mass is 354 g/mol. The molecule has 0 atom stereocenters. The Balaban J connectivity index is 1.79. The number of nitrogens with one attached hydrogen (secondary N) is 1. The summed E-state index contributed by atoms with van der Waals surface area (Å²) in [7, 11) is 1.49. The number of aromatic hydroxyl groups is 1. The summed E-state index contributed by atoms with van der Waals surface area (Å²) in [6.07, 6.45) is 2.69. The lowest BCUT2D eigenvalue weighted by Gasteiger charge is -2.03. The molecule has 0 aliphatic carbocycles. The maximum atomic E-state index is 12.1. The molecule has 25 heavy (non-hydrogen) atoms. The van der Waals surface area contributed by atoms with Crippen LogP contribution in [0.5, 0.6) is 11.5 Å². The first-order valence-electron chi connectivity index (χ1n) is 7.84. The molecule has 6 heteroatoms. The van der Waals surface area contributed by atoms with Gasteiger partial charge in [0.05, 0.1) is 17.7 Å². The first-order valence-corrected chi connectivity index (χ1v) is 8.66. The van der Waals surface area contributed by atoms with E-state index in [2.05, 4.69) is 17.2 Å². The predicted octanol–water partition coefficient (Wildman–Crippen LogP) is 3.85. The van der Waals surface area contributed by atoms with Crippen molar-refractivity contribution in [3.63, 3.8) is 0 Å². The number of phenols is 1. The van der Waals surface area contributed by atoms with E-state index in [1.165, 1.54) is 24.4 Å². The third-order valence-corrected chi connectivity index (χ3v) is 4.64. The molecule has 1 amide bonds. The fourth-order valence-corrected chi connectivity index (χ4v) is 3.19. The zero-order chi connectivity index (χ0) is 17.8. The second kappa shape index (κ2) is 7.44. The summed E-state index contributed by atoms with van der Waals surface area (Å²) < 4.78 is 5.02. The van der Waals surface area contributed by atoms with Crippen molar-refractivity contribution in [2.24, 2.45) is 4.99 Å². The maximum absolute atomic E-state index is 12.1. The second-order valence-electron chi connectivity index (χ2n) is 5.43. The number of rotatable bonds is 4. The molecule has 2 aromatic rings. The first kappa shape index (κ1) is 17.1. The Morgan fingerprint density at radius 3 is 2.64 bits per heavy atom. The topological polar surface area (TPSA) is 70.9 Å². The lowest BCUT2D eigenvalue weighted by Crippen LogP contribution is -2.19. The van der Waals surface area contributed by atoms with Gasteiger partial charge in [-0.15, -0.1) is 0 Å². The number of hydrogen-bond donors (Lipinski definition) is 2. The minimum absolute atomic E-state index is 0.0326. The van der Waals surface area contributed by atoms with Crippen LogP contribution in [0.15, 0.2) is 52.4 Å². The van der Waals surface area contributed by atoms with E-state index in [1.54, 1.807) is 24.3 Å². The molecule has 0 unspecified atom stereocenters. The fourth-order valence-electron chi connectivity index (χ4n) is 2.35. The Morgan fingerprint density at radius 2 is 2.00 bits per heavy atom. The quantitative estimate of drug-likeness (QED) is 0.818. The fraction of sp³-hybridized carbons (Fsp3) is 0.158. The highest BCUT2D eigenvalue weighted by Crippen LogP contribution is 2.31. The number of carbonyl (C=O) groups is 1. The number of thioether (sulfide) groups is 1. The van der Waals surface area contributed by atoms with Gasteiger partial charge >= 0.3 is 0 Å². The molecule has 1 heterocycles. The molecule has 5 nitrogen and oxygen atoms in total. The summed E-state index contributed by atoms with van der Waals surface area (Å²) in [5.41, 5.74) is 2.75. The molecule has 0 saturated carbocycles. The van der Waals surface area contributed by atoms with E-state index in [0.29, 0.717) is 21.4 Å². The molecule has 0 spiro atoms. The van der Waals surface area contributed by atoms with Crippen molar-refractivity contribution in [1.29, 1.82) is 0 Å². The van der Waals surface area contributed by atoms with Crippen LogP contribution in [0.4, 0.5) is 5.69 Å². The van der Waals surface area contributed by atoms with Gasteiger partial charge in [0.1, 0.15) is 0 Å². The van der Waals surface area contributed by atoms with Gasteiger partial charge in [0.25, 0.3) is 5.91 Å². The highest BCUT2D eigenvalue weighted by Gasteiger charge is 2.23. The summed E-state index contributed by atoms with van der Waals surface area (Å²) >= 11 is 1.27. The van der Waals surface area contributed by atoms with Crippen molar-refractivity contribution in [2.75, 3.05) is 7.11 Å². The zero-order valence-electron chi connectivity index (χ0n) is 13.9. The Morgan fingerprint density at radius 1 is 1.24 bits per heavy atom. The van der Waals surface area contributed by atoms with Gasteiger partial charge in [-0.2, -0.15) is 0 Å². The second-order valence-corrected chi connectivity index (χ2v) is 6.46. The normalized spacial score (nSPS) is 17.1. The molecule has 1 saturated heterocycles. The SMILES string of the molecule is CCc1ccc(N=C2NC(=O)/C(=C/c3ccc(OC)c(O)c3)S2)cc1.